The van der Waals surface area contributed by atoms with Crippen molar-refractivity contribution in [2.24, 2.45) is 11.1 Å². The Kier molecular flexibility index (Phi) is 5.64. The predicted molar refractivity (Wildman–Crippen MR) is 96.5 cm³/mol. The molecule has 0 aliphatic rings. The zero-order chi connectivity index (χ0) is 19.5. The van der Waals surface area contributed by atoms with E-state index < -0.39 is 29.2 Å². The number of rotatable bonds is 7. The summed E-state index contributed by atoms with van der Waals surface area (Å²) in [6.07, 6.45) is 0.414. The third kappa shape index (κ3) is 4.38. The number of carbonyl (C=O) groups excluding carboxylic acids is 2. The number of carboxylic acid groups (broad SMARTS) is 1. The SMILES string of the molecule is CC(C)(C)[C@H](NC(=O)c1nn(CCCC(=O)O)c2ccccc12)C(N)=O. The van der Waals surface area contributed by atoms with Gasteiger partial charge < -0.3 is 16.2 Å². The highest BCUT2D eigenvalue weighted by Gasteiger charge is 2.32. The number of primary amides is 1. The lowest BCUT2D eigenvalue weighted by Gasteiger charge is -2.28. The van der Waals surface area contributed by atoms with E-state index in [9.17, 15) is 14.4 Å². The number of carboxylic acids is 1. The molecule has 140 valence electrons. The Morgan fingerprint density at radius 3 is 2.50 bits per heavy atom. The smallest absolute Gasteiger partial charge is 0.303 e. The number of carbonyl (C=O) groups is 3. The van der Waals surface area contributed by atoms with E-state index in [0.717, 1.165) is 5.52 Å². The third-order valence-electron chi connectivity index (χ3n) is 4.06. The van der Waals surface area contributed by atoms with Gasteiger partial charge in [-0.2, -0.15) is 5.10 Å². The summed E-state index contributed by atoms with van der Waals surface area (Å²) in [7, 11) is 0. The van der Waals surface area contributed by atoms with E-state index in [-0.39, 0.29) is 12.1 Å². The number of aliphatic carboxylic acids is 1. The average Bonchev–Trinajstić information content (AvgIpc) is 2.90. The van der Waals surface area contributed by atoms with Gasteiger partial charge in [0, 0.05) is 18.4 Å². The zero-order valence-electron chi connectivity index (χ0n) is 15.2. The van der Waals surface area contributed by atoms with E-state index in [1.807, 2.05) is 32.9 Å². The van der Waals surface area contributed by atoms with Gasteiger partial charge in [0.15, 0.2) is 5.69 Å². The van der Waals surface area contributed by atoms with Crippen LogP contribution in [0.3, 0.4) is 0 Å². The van der Waals surface area contributed by atoms with Crippen molar-refractivity contribution in [1.82, 2.24) is 15.1 Å². The molecule has 8 heteroatoms. The van der Waals surface area contributed by atoms with Crippen molar-refractivity contribution in [2.75, 3.05) is 0 Å². The molecule has 2 aromatic rings. The molecule has 0 unspecified atom stereocenters. The van der Waals surface area contributed by atoms with Gasteiger partial charge in [-0.05, 0) is 17.9 Å². The highest BCUT2D eigenvalue weighted by atomic mass is 16.4. The Hall–Kier alpha value is -2.90. The minimum Gasteiger partial charge on any atom is -0.481 e. The van der Waals surface area contributed by atoms with Gasteiger partial charge in [0.2, 0.25) is 5.91 Å². The van der Waals surface area contributed by atoms with Crippen LogP contribution in [0, 0.1) is 5.41 Å². The molecule has 1 atom stereocenters. The lowest BCUT2D eigenvalue weighted by molar-refractivity contribution is -0.137. The van der Waals surface area contributed by atoms with Gasteiger partial charge in [0.25, 0.3) is 5.91 Å². The number of hydrogen-bond donors (Lipinski definition) is 3. The summed E-state index contributed by atoms with van der Waals surface area (Å²) in [6.45, 7) is 5.81. The maximum atomic E-state index is 12.7. The maximum Gasteiger partial charge on any atom is 0.303 e. The molecule has 4 N–H and O–H groups in total. The second-order valence-electron chi connectivity index (χ2n) is 7.26. The summed E-state index contributed by atoms with van der Waals surface area (Å²) in [5.41, 5.74) is 5.80. The fraction of sp³-hybridized carbons (Fsp3) is 0.444. The van der Waals surface area contributed by atoms with E-state index >= 15 is 0 Å². The number of para-hydroxylation sites is 1. The average molecular weight is 360 g/mol. The fourth-order valence-corrected chi connectivity index (χ4v) is 2.76. The van der Waals surface area contributed by atoms with Gasteiger partial charge >= 0.3 is 5.97 Å². The first-order chi connectivity index (χ1) is 12.1. The lowest BCUT2D eigenvalue weighted by atomic mass is 9.86. The van der Waals surface area contributed by atoms with Crippen molar-refractivity contribution >= 4 is 28.7 Å². The van der Waals surface area contributed by atoms with E-state index in [1.165, 1.54) is 0 Å². The van der Waals surface area contributed by atoms with E-state index in [2.05, 4.69) is 10.4 Å². The van der Waals surface area contributed by atoms with Crippen LogP contribution < -0.4 is 11.1 Å². The molecule has 0 bridgehead atoms. The molecule has 2 amide bonds. The lowest BCUT2D eigenvalue weighted by Crippen LogP contribution is -2.52. The summed E-state index contributed by atoms with van der Waals surface area (Å²) < 4.78 is 1.61. The summed E-state index contributed by atoms with van der Waals surface area (Å²) >= 11 is 0. The molecule has 1 heterocycles. The maximum absolute atomic E-state index is 12.7. The van der Waals surface area contributed by atoms with Crippen LogP contribution in [0.2, 0.25) is 0 Å². The number of fused-ring (bicyclic) bond motifs is 1. The Balaban J connectivity index is 2.32. The topological polar surface area (TPSA) is 127 Å². The molecule has 26 heavy (non-hydrogen) atoms. The zero-order valence-corrected chi connectivity index (χ0v) is 15.2. The number of benzene rings is 1. The minimum absolute atomic E-state index is 0.0174. The first-order valence-electron chi connectivity index (χ1n) is 8.39. The highest BCUT2D eigenvalue weighted by molar-refractivity contribution is 6.06. The summed E-state index contributed by atoms with van der Waals surface area (Å²) in [5, 5.41) is 16.4. The van der Waals surface area contributed by atoms with Crippen molar-refractivity contribution in [1.29, 1.82) is 0 Å². The second kappa shape index (κ2) is 7.55. The predicted octanol–water partition coefficient (Wildman–Crippen LogP) is 1.53. The number of hydrogen-bond acceptors (Lipinski definition) is 4. The molecule has 1 aromatic heterocycles. The van der Waals surface area contributed by atoms with Crippen LogP contribution in [0.5, 0.6) is 0 Å². The molecule has 0 saturated carbocycles. The molecule has 2 rings (SSSR count). The van der Waals surface area contributed by atoms with Crippen LogP contribution in [0.25, 0.3) is 10.9 Å². The molecule has 0 radical (unpaired) electrons. The molecular weight excluding hydrogens is 336 g/mol. The summed E-state index contributed by atoms with van der Waals surface area (Å²) in [4.78, 5) is 35.1. The molecule has 0 aliphatic carbocycles. The first-order valence-corrected chi connectivity index (χ1v) is 8.39. The Labute approximate surface area is 151 Å². The van der Waals surface area contributed by atoms with Crippen LogP contribution in [-0.2, 0) is 16.1 Å². The minimum atomic E-state index is -0.881. The first kappa shape index (κ1) is 19.4. The van der Waals surface area contributed by atoms with Gasteiger partial charge in [-0.1, -0.05) is 39.0 Å². The van der Waals surface area contributed by atoms with Crippen LogP contribution in [0.15, 0.2) is 24.3 Å². The standard InChI is InChI=1S/C18H24N4O4/c1-18(2,3)15(16(19)25)20-17(26)14-11-7-4-5-8-12(11)22(21-14)10-6-9-13(23)24/h4-5,7-8,15H,6,9-10H2,1-3H3,(H2,19,25)(H,20,26)(H,23,24)/t15-/m1/s1. The van der Waals surface area contributed by atoms with Gasteiger partial charge in [-0.3, -0.25) is 19.1 Å². The molecule has 0 fully saturated rings. The van der Waals surface area contributed by atoms with Crippen molar-refractivity contribution in [3.63, 3.8) is 0 Å². The second-order valence-corrected chi connectivity index (χ2v) is 7.26. The Bertz CT molecular complexity index is 835. The van der Waals surface area contributed by atoms with E-state index in [1.54, 1.807) is 16.8 Å². The molecule has 8 nitrogen and oxygen atoms in total. The van der Waals surface area contributed by atoms with Crippen LogP contribution >= 0.6 is 0 Å². The van der Waals surface area contributed by atoms with Crippen molar-refractivity contribution < 1.29 is 19.5 Å². The molecule has 0 aliphatic heterocycles. The van der Waals surface area contributed by atoms with Crippen LogP contribution in [0.4, 0.5) is 0 Å². The van der Waals surface area contributed by atoms with Crippen LogP contribution in [-0.4, -0.2) is 38.7 Å². The summed E-state index contributed by atoms with van der Waals surface area (Å²) in [6, 6.07) is 6.35. The molecule has 0 saturated heterocycles. The highest BCUT2D eigenvalue weighted by Crippen LogP contribution is 2.22. The van der Waals surface area contributed by atoms with Crippen molar-refractivity contribution in [2.45, 2.75) is 46.2 Å². The number of aromatic nitrogens is 2. The molecular formula is C18H24N4O4. The normalized spacial score (nSPS) is 12.7. The number of amides is 2. The Morgan fingerprint density at radius 2 is 1.92 bits per heavy atom. The fourth-order valence-electron chi connectivity index (χ4n) is 2.76. The largest absolute Gasteiger partial charge is 0.481 e. The van der Waals surface area contributed by atoms with Crippen LogP contribution in [0.1, 0.15) is 44.1 Å². The summed E-state index contributed by atoms with van der Waals surface area (Å²) in [5.74, 6) is -1.98. The molecule has 1 aromatic carbocycles. The third-order valence-corrected chi connectivity index (χ3v) is 4.06. The van der Waals surface area contributed by atoms with Gasteiger partial charge in [-0.25, -0.2) is 0 Å². The number of nitrogens with two attached hydrogens (primary N) is 1. The van der Waals surface area contributed by atoms with Gasteiger partial charge in [0.05, 0.1) is 5.52 Å². The number of nitrogens with zero attached hydrogens (tertiary/aromatic N) is 2. The number of aryl methyl sites for hydroxylation is 1. The van der Waals surface area contributed by atoms with E-state index in [0.29, 0.717) is 18.4 Å². The monoisotopic (exact) mass is 360 g/mol. The Morgan fingerprint density at radius 1 is 1.27 bits per heavy atom. The van der Waals surface area contributed by atoms with Gasteiger partial charge in [0.1, 0.15) is 6.04 Å². The quantitative estimate of drug-likeness (QED) is 0.690. The van der Waals surface area contributed by atoms with Crippen molar-refractivity contribution in [3.8, 4) is 0 Å². The van der Waals surface area contributed by atoms with Gasteiger partial charge in [-0.15, -0.1) is 0 Å². The van der Waals surface area contributed by atoms with Crippen molar-refractivity contribution in [3.05, 3.63) is 30.0 Å². The van der Waals surface area contributed by atoms with E-state index in [4.69, 9.17) is 10.8 Å². The molecule has 0 spiro atoms. The number of nitrogens with one attached hydrogen (secondary N) is 1.